The molecule has 3 N–H and O–H groups in total. The van der Waals surface area contributed by atoms with E-state index in [4.69, 9.17) is 0 Å². The van der Waals surface area contributed by atoms with Crippen LogP contribution < -0.4 is 21.9 Å². The summed E-state index contributed by atoms with van der Waals surface area (Å²) in [6.07, 6.45) is -2.49. The molecule has 9 nitrogen and oxygen atoms in total. The van der Waals surface area contributed by atoms with Gasteiger partial charge in [0.05, 0.1) is 27.9 Å². The van der Waals surface area contributed by atoms with E-state index in [-0.39, 0.29) is 40.4 Å². The largest absolute Gasteiger partial charge is 0.416 e. The number of aryl methyl sites for hydroxylation is 1. The van der Waals surface area contributed by atoms with Crippen LogP contribution >= 0.6 is 0 Å². The second-order valence-corrected chi connectivity index (χ2v) is 8.37. The van der Waals surface area contributed by atoms with Gasteiger partial charge >= 0.3 is 11.9 Å². The Hall–Kier alpha value is -3.96. The molecule has 35 heavy (non-hydrogen) atoms. The van der Waals surface area contributed by atoms with Gasteiger partial charge in [-0.25, -0.2) is 9.78 Å². The highest BCUT2D eigenvalue weighted by Gasteiger charge is 2.32. The molecule has 184 valence electrons. The van der Waals surface area contributed by atoms with Crippen molar-refractivity contribution in [2.75, 3.05) is 10.6 Å². The summed E-state index contributed by atoms with van der Waals surface area (Å²) in [6.45, 7) is 3.25. The van der Waals surface area contributed by atoms with Gasteiger partial charge in [-0.2, -0.15) is 13.2 Å². The maximum atomic E-state index is 13.4. The Bertz CT molecular complexity index is 1450. The molecule has 1 fully saturated rings. The lowest BCUT2D eigenvalue weighted by atomic mass is 10.1. The standard InChI is InChI=1S/C23H22F3N5O4/c1-3-8-31-19-18(21(34)30-22(31)35)14(10-16(28-19)12-4-5-12)20(33)29-17-9-13(23(24,25)26)6-7-15(17)27-11(2)32/h6-7,9-10,12H,3-5,8H2,1-2H3,(H,27,32)(H,29,33)(H,30,34,35). The van der Waals surface area contributed by atoms with Crippen LogP contribution in [0.1, 0.15) is 60.6 Å². The van der Waals surface area contributed by atoms with Crippen molar-refractivity contribution >= 4 is 34.2 Å². The van der Waals surface area contributed by atoms with Crippen LogP contribution in [0.5, 0.6) is 0 Å². The first-order valence-corrected chi connectivity index (χ1v) is 11.0. The number of alkyl halides is 3. The minimum atomic E-state index is -4.69. The molecule has 0 bridgehead atoms. The number of benzene rings is 1. The number of H-pyrrole nitrogens is 1. The molecule has 2 heterocycles. The summed E-state index contributed by atoms with van der Waals surface area (Å²) in [5, 5.41) is 4.63. The van der Waals surface area contributed by atoms with Gasteiger partial charge in [0.15, 0.2) is 5.65 Å². The third-order valence-corrected chi connectivity index (χ3v) is 5.56. The number of hydrogen-bond donors (Lipinski definition) is 3. The van der Waals surface area contributed by atoms with Crippen molar-refractivity contribution in [2.24, 2.45) is 0 Å². The lowest BCUT2D eigenvalue weighted by Crippen LogP contribution is -2.32. The number of amides is 2. The fraction of sp³-hybridized carbons (Fsp3) is 0.348. The van der Waals surface area contributed by atoms with E-state index in [1.807, 2.05) is 6.92 Å². The summed E-state index contributed by atoms with van der Waals surface area (Å²) in [6, 6.07) is 3.94. The SMILES string of the molecule is CCCn1c(=O)[nH]c(=O)c2c(C(=O)Nc3cc(C(F)(F)F)ccc3NC(C)=O)cc(C3CC3)nc21. The Morgan fingerprint density at radius 2 is 1.86 bits per heavy atom. The van der Waals surface area contributed by atoms with Crippen LogP contribution in [-0.2, 0) is 17.5 Å². The van der Waals surface area contributed by atoms with Gasteiger partial charge in [0.1, 0.15) is 0 Å². The number of hydrogen-bond acceptors (Lipinski definition) is 5. The van der Waals surface area contributed by atoms with Gasteiger partial charge in [0, 0.05) is 25.1 Å². The van der Waals surface area contributed by atoms with Crippen molar-refractivity contribution in [3.05, 3.63) is 61.9 Å². The first-order valence-electron chi connectivity index (χ1n) is 11.0. The van der Waals surface area contributed by atoms with Gasteiger partial charge in [0.2, 0.25) is 5.91 Å². The van der Waals surface area contributed by atoms with Crippen molar-refractivity contribution in [2.45, 2.75) is 51.7 Å². The number of rotatable bonds is 6. The molecule has 1 aromatic carbocycles. The van der Waals surface area contributed by atoms with Crippen LogP contribution in [-0.4, -0.2) is 26.3 Å². The molecule has 0 radical (unpaired) electrons. The second kappa shape index (κ2) is 9.01. The van der Waals surface area contributed by atoms with Crippen molar-refractivity contribution in [3.8, 4) is 0 Å². The Labute approximate surface area is 196 Å². The van der Waals surface area contributed by atoms with Gasteiger partial charge in [-0.15, -0.1) is 0 Å². The zero-order valence-electron chi connectivity index (χ0n) is 18.9. The summed E-state index contributed by atoms with van der Waals surface area (Å²) >= 11 is 0. The second-order valence-electron chi connectivity index (χ2n) is 8.37. The molecule has 4 rings (SSSR count). The molecule has 1 aliphatic carbocycles. The number of nitrogens with one attached hydrogen (secondary N) is 3. The van der Waals surface area contributed by atoms with Gasteiger partial charge in [-0.3, -0.25) is 23.9 Å². The third kappa shape index (κ3) is 4.96. The first-order chi connectivity index (χ1) is 16.5. The number of aromatic amines is 1. The molecule has 1 aliphatic rings. The Morgan fingerprint density at radius 3 is 2.46 bits per heavy atom. The van der Waals surface area contributed by atoms with E-state index in [0.29, 0.717) is 18.2 Å². The number of anilines is 2. The van der Waals surface area contributed by atoms with Gasteiger partial charge in [0.25, 0.3) is 11.5 Å². The van der Waals surface area contributed by atoms with E-state index < -0.39 is 34.8 Å². The topological polar surface area (TPSA) is 126 Å². The molecular weight excluding hydrogens is 467 g/mol. The predicted molar refractivity (Wildman–Crippen MR) is 123 cm³/mol. The smallest absolute Gasteiger partial charge is 0.325 e. The fourth-order valence-corrected chi connectivity index (χ4v) is 3.80. The molecule has 0 unspecified atom stereocenters. The van der Waals surface area contributed by atoms with Crippen LogP contribution in [0.25, 0.3) is 11.0 Å². The van der Waals surface area contributed by atoms with Crippen LogP contribution in [0.2, 0.25) is 0 Å². The van der Waals surface area contributed by atoms with E-state index in [2.05, 4.69) is 20.6 Å². The molecule has 1 saturated carbocycles. The number of carbonyl (C=O) groups excluding carboxylic acids is 2. The number of pyridine rings is 1. The van der Waals surface area contributed by atoms with E-state index in [1.54, 1.807) is 0 Å². The van der Waals surface area contributed by atoms with Crippen LogP contribution in [0.3, 0.4) is 0 Å². The van der Waals surface area contributed by atoms with Crippen molar-refractivity contribution in [1.82, 2.24) is 14.5 Å². The summed E-state index contributed by atoms with van der Waals surface area (Å²) in [4.78, 5) is 56.7. The molecule has 0 saturated heterocycles. The lowest BCUT2D eigenvalue weighted by molar-refractivity contribution is -0.137. The van der Waals surface area contributed by atoms with Gasteiger partial charge < -0.3 is 10.6 Å². The highest BCUT2D eigenvalue weighted by atomic mass is 19.4. The number of nitrogens with zero attached hydrogens (tertiary/aromatic N) is 2. The molecule has 3 aromatic rings. The highest BCUT2D eigenvalue weighted by molar-refractivity contribution is 6.13. The number of aromatic nitrogens is 3. The zero-order valence-corrected chi connectivity index (χ0v) is 18.9. The van der Waals surface area contributed by atoms with E-state index in [0.717, 1.165) is 25.0 Å². The Morgan fingerprint density at radius 1 is 1.14 bits per heavy atom. The zero-order chi connectivity index (χ0) is 25.5. The molecule has 12 heteroatoms. The summed E-state index contributed by atoms with van der Waals surface area (Å²) in [5.41, 5.74) is -2.44. The Balaban J connectivity index is 1.88. The number of carbonyl (C=O) groups is 2. The maximum absolute atomic E-state index is 13.4. The monoisotopic (exact) mass is 489 g/mol. The molecule has 2 aromatic heterocycles. The molecule has 2 amide bonds. The van der Waals surface area contributed by atoms with E-state index >= 15 is 0 Å². The summed E-state index contributed by atoms with van der Waals surface area (Å²) < 4.78 is 41.2. The van der Waals surface area contributed by atoms with E-state index in [1.165, 1.54) is 17.6 Å². The minimum absolute atomic E-state index is 0.0428. The molecular formula is C23H22F3N5O4. The first kappa shape index (κ1) is 24.2. The predicted octanol–water partition coefficient (Wildman–Crippen LogP) is 3.60. The third-order valence-electron chi connectivity index (χ3n) is 5.56. The highest BCUT2D eigenvalue weighted by Crippen LogP contribution is 2.40. The van der Waals surface area contributed by atoms with E-state index in [9.17, 15) is 32.3 Å². The summed E-state index contributed by atoms with van der Waals surface area (Å²) in [5.74, 6) is -1.37. The maximum Gasteiger partial charge on any atom is 0.416 e. The number of halogens is 3. The molecule has 0 atom stereocenters. The molecule has 0 spiro atoms. The normalized spacial score (nSPS) is 13.6. The van der Waals surface area contributed by atoms with Crippen molar-refractivity contribution in [3.63, 3.8) is 0 Å². The van der Waals surface area contributed by atoms with Crippen LogP contribution in [0.15, 0.2) is 33.9 Å². The number of fused-ring (bicyclic) bond motifs is 1. The van der Waals surface area contributed by atoms with Crippen molar-refractivity contribution in [1.29, 1.82) is 0 Å². The average Bonchev–Trinajstić information content (AvgIpc) is 3.61. The molecule has 0 aliphatic heterocycles. The van der Waals surface area contributed by atoms with Crippen LogP contribution in [0, 0.1) is 0 Å². The Kier molecular flexibility index (Phi) is 6.22. The van der Waals surface area contributed by atoms with Gasteiger partial charge in [-0.1, -0.05) is 6.92 Å². The fourth-order valence-electron chi connectivity index (χ4n) is 3.80. The lowest BCUT2D eigenvalue weighted by Gasteiger charge is -2.16. The van der Waals surface area contributed by atoms with Crippen LogP contribution in [0.4, 0.5) is 24.5 Å². The summed E-state index contributed by atoms with van der Waals surface area (Å²) in [7, 11) is 0. The average molecular weight is 489 g/mol. The van der Waals surface area contributed by atoms with Gasteiger partial charge in [-0.05, 0) is 43.5 Å². The quantitative estimate of drug-likeness (QED) is 0.488. The van der Waals surface area contributed by atoms with Crippen molar-refractivity contribution < 1.29 is 22.8 Å². The minimum Gasteiger partial charge on any atom is -0.325 e.